The summed E-state index contributed by atoms with van der Waals surface area (Å²) in [6.07, 6.45) is 2.69. The number of fused-ring (bicyclic) bond motifs is 1. The number of urea groups is 1. The van der Waals surface area contributed by atoms with E-state index >= 15 is 0 Å². The fraction of sp³-hybridized carbons (Fsp3) is 0.407. The molecule has 45 heavy (non-hydrogen) atoms. The van der Waals surface area contributed by atoms with E-state index < -0.39 is 6.03 Å². The minimum Gasteiger partial charge on any atom is -0.493 e. The molecule has 3 aromatic heterocycles. The molecule has 0 fully saturated rings. The van der Waals surface area contributed by atoms with Crippen LogP contribution >= 0.6 is 22.9 Å². The number of anilines is 1. The molecule has 2 atom stereocenters. The van der Waals surface area contributed by atoms with Crippen LogP contribution in [0.25, 0.3) is 11.2 Å². The smallest absolute Gasteiger partial charge is 0.340 e. The van der Waals surface area contributed by atoms with Crippen molar-refractivity contribution >= 4 is 57.6 Å². The molecule has 0 radical (unpaired) electrons. The number of nitroso groups, excluding NO2 is 1. The molecular formula is C27H31ClN10O6S. The quantitative estimate of drug-likeness (QED) is 0.0846. The number of nitrogens with one attached hydrogen (secondary N) is 3. The summed E-state index contributed by atoms with van der Waals surface area (Å²) >= 11 is 7.14. The molecule has 2 aliphatic rings. The monoisotopic (exact) mass is 658 g/mol. The number of methoxy groups -OCH3 is 1. The van der Waals surface area contributed by atoms with Gasteiger partial charge in [0.05, 0.1) is 31.0 Å². The highest BCUT2D eigenvalue weighted by Crippen LogP contribution is 2.39. The van der Waals surface area contributed by atoms with Gasteiger partial charge in [-0.3, -0.25) is 9.59 Å². The van der Waals surface area contributed by atoms with Crippen molar-refractivity contribution in [2.45, 2.75) is 26.1 Å². The number of nitrogen functional groups attached to an aromatic ring is 1. The zero-order valence-electron chi connectivity index (χ0n) is 24.4. The van der Waals surface area contributed by atoms with Crippen molar-refractivity contribution < 1.29 is 23.9 Å². The summed E-state index contributed by atoms with van der Waals surface area (Å²) in [7, 11) is 1.35. The van der Waals surface area contributed by atoms with Crippen molar-refractivity contribution in [1.82, 2.24) is 40.5 Å². The second-order valence-corrected chi connectivity index (χ2v) is 11.5. The van der Waals surface area contributed by atoms with Gasteiger partial charge in [-0.25, -0.2) is 9.78 Å². The number of aromatic nitrogens is 4. The van der Waals surface area contributed by atoms with Gasteiger partial charge in [-0.1, -0.05) is 0 Å². The lowest BCUT2D eigenvalue weighted by Crippen LogP contribution is -2.44. The van der Waals surface area contributed by atoms with E-state index in [1.54, 1.807) is 0 Å². The van der Waals surface area contributed by atoms with Crippen LogP contribution in [0.2, 0.25) is 0 Å². The van der Waals surface area contributed by atoms with Crippen molar-refractivity contribution in [3.05, 3.63) is 56.2 Å². The van der Waals surface area contributed by atoms with Crippen LogP contribution in [0.5, 0.6) is 5.88 Å². The number of allylic oxidation sites excluding steroid dienone is 2. The third kappa shape index (κ3) is 6.74. The van der Waals surface area contributed by atoms with E-state index in [-0.39, 0.29) is 73.1 Å². The van der Waals surface area contributed by atoms with E-state index in [1.807, 2.05) is 23.3 Å². The topological polar surface area (TPSA) is 210 Å². The Labute approximate surface area is 265 Å². The van der Waals surface area contributed by atoms with Gasteiger partial charge in [-0.2, -0.15) is 15.0 Å². The number of hydrogen-bond acceptors (Lipinski definition) is 14. The van der Waals surface area contributed by atoms with Gasteiger partial charge in [-0.15, -0.1) is 27.8 Å². The van der Waals surface area contributed by atoms with Gasteiger partial charge >= 0.3 is 6.03 Å². The molecule has 1 aliphatic heterocycles. The van der Waals surface area contributed by atoms with Gasteiger partial charge in [0, 0.05) is 60.5 Å². The lowest BCUT2D eigenvalue weighted by atomic mass is 9.88. The Hall–Kier alpha value is -4.61. The van der Waals surface area contributed by atoms with Crippen molar-refractivity contribution in [3.63, 3.8) is 0 Å². The number of Topliss-reactive ketones (excluding diaryl/α,β-unsaturated/α-hetero) is 1. The van der Waals surface area contributed by atoms with E-state index in [2.05, 4.69) is 35.9 Å². The maximum absolute atomic E-state index is 13.3. The van der Waals surface area contributed by atoms with Crippen molar-refractivity contribution in [1.29, 1.82) is 0 Å². The van der Waals surface area contributed by atoms with Crippen LogP contribution in [0.15, 0.2) is 46.2 Å². The van der Waals surface area contributed by atoms with Gasteiger partial charge in [-0.05, 0) is 23.9 Å². The molecule has 4 heterocycles. The first-order valence-electron chi connectivity index (χ1n) is 13.9. The highest BCUT2D eigenvalue weighted by atomic mass is 35.5. The third-order valence-corrected chi connectivity index (χ3v) is 8.58. The summed E-state index contributed by atoms with van der Waals surface area (Å²) in [4.78, 5) is 67.7. The maximum Gasteiger partial charge on any atom is 0.340 e. The number of hydrogen-bond donors (Lipinski definition) is 4. The number of ketones is 2. The molecule has 238 valence electrons. The second kappa shape index (κ2) is 14.0. The van der Waals surface area contributed by atoms with Crippen molar-refractivity contribution in [2.24, 2.45) is 11.2 Å². The number of carbonyl (C=O) groups excluding carboxylic acids is 3. The van der Waals surface area contributed by atoms with Gasteiger partial charge < -0.3 is 35.7 Å². The second-order valence-electron chi connectivity index (χ2n) is 10.2. The molecule has 0 bridgehead atoms. The number of halogens is 1. The van der Waals surface area contributed by atoms with E-state index in [1.165, 1.54) is 30.8 Å². The number of nitrogens with two attached hydrogens (primary N) is 1. The fourth-order valence-corrected chi connectivity index (χ4v) is 6.30. The Morgan fingerprint density at radius 1 is 1.33 bits per heavy atom. The summed E-state index contributed by atoms with van der Waals surface area (Å²) in [5, 5.41) is 11.4. The largest absolute Gasteiger partial charge is 0.493 e. The van der Waals surface area contributed by atoms with E-state index in [0.717, 1.165) is 10.4 Å². The Balaban J connectivity index is 1.21. The number of ether oxygens (including phenoxy) is 2. The summed E-state index contributed by atoms with van der Waals surface area (Å²) in [6, 6.07) is 1.05. The molecule has 0 aromatic carbocycles. The summed E-state index contributed by atoms with van der Waals surface area (Å²) in [5.41, 5.74) is 8.42. The number of imidazole rings is 1. The number of alkyl halides is 1. The number of thiophene rings is 1. The zero-order chi connectivity index (χ0) is 32.1. The highest BCUT2D eigenvalue weighted by molar-refractivity contribution is 7.10. The molecular weight excluding hydrogens is 628 g/mol. The van der Waals surface area contributed by atoms with E-state index in [9.17, 15) is 19.3 Å². The number of aromatic amines is 1. The lowest BCUT2D eigenvalue weighted by Gasteiger charge is -2.29. The number of nitrogens with zero attached hydrogens (tertiary/aromatic N) is 6. The Bertz CT molecular complexity index is 1670. The average Bonchev–Trinajstić information content (AvgIpc) is 3.75. The van der Waals surface area contributed by atoms with Crippen LogP contribution in [0.1, 0.15) is 17.4 Å². The molecule has 0 spiro atoms. The molecule has 3 aromatic rings. The predicted molar refractivity (Wildman–Crippen MR) is 165 cm³/mol. The Morgan fingerprint density at radius 2 is 2.16 bits per heavy atom. The summed E-state index contributed by atoms with van der Waals surface area (Å²) < 4.78 is 11.1. The molecule has 16 nitrogen and oxygen atoms in total. The molecule has 18 heteroatoms. The third-order valence-electron chi connectivity index (χ3n) is 7.45. The van der Waals surface area contributed by atoms with Crippen molar-refractivity contribution in [3.8, 4) is 5.88 Å². The number of amides is 2. The SMILES string of the molecule is COC1=CC(=O)C2=C(C1=O)C(CNCc1csc(COc3nc(N)nc4nc[nH]c34)c1)C(C)N2CCNC(=O)N(CCCl)N=O. The van der Waals surface area contributed by atoms with Crippen LogP contribution in [0.4, 0.5) is 10.7 Å². The molecule has 2 unspecified atom stereocenters. The van der Waals surface area contributed by atoms with Crippen LogP contribution in [0, 0.1) is 10.8 Å². The van der Waals surface area contributed by atoms with Gasteiger partial charge in [0.15, 0.2) is 11.4 Å². The normalized spacial score (nSPS) is 17.8. The van der Waals surface area contributed by atoms with Crippen LogP contribution in [0.3, 0.4) is 0 Å². The average molecular weight is 659 g/mol. The molecule has 2 amide bonds. The maximum atomic E-state index is 13.3. The first-order valence-corrected chi connectivity index (χ1v) is 15.3. The minimum atomic E-state index is -0.700. The zero-order valence-corrected chi connectivity index (χ0v) is 26.0. The Morgan fingerprint density at radius 3 is 2.91 bits per heavy atom. The number of rotatable bonds is 14. The first kappa shape index (κ1) is 31.8. The molecule has 1 aliphatic carbocycles. The van der Waals surface area contributed by atoms with Gasteiger partial charge in [0.2, 0.25) is 23.4 Å². The van der Waals surface area contributed by atoms with Gasteiger partial charge in [0.25, 0.3) is 0 Å². The Kier molecular flexibility index (Phi) is 9.90. The summed E-state index contributed by atoms with van der Waals surface area (Å²) in [5.74, 6) is -0.610. The van der Waals surface area contributed by atoms with Crippen LogP contribution < -0.4 is 21.1 Å². The number of carbonyl (C=O) groups is 3. The predicted octanol–water partition coefficient (Wildman–Crippen LogP) is 1.85. The standard InChI is InChI=1S/C27H31ClN10O6S/c1-14-17(10-30-9-15-7-16(45-12-15)11-44-25-21-24(33-13-32-21)34-26(29)35-25)20-22(18(39)8-19(43-2)23(20)40)37(14)6-4-31-27(41)38(36-42)5-3-28/h7-8,12-14,17,30H,3-6,9-11H2,1-2H3,(H,31,41)(H3,29,32,33,34,35). The molecule has 5 rings (SSSR count). The van der Waals surface area contributed by atoms with Crippen LogP contribution in [-0.2, 0) is 27.5 Å². The van der Waals surface area contributed by atoms with Crippen molar-refractivity contribution in [2.75, 3.05) is 44.9 Å². The van der Waals surface area contributed by atoms with E-state index in [0.29, 0.717) is 40.7 Å². The first-order chi connectivity index (χ1) is 21.7. The van der Waals surface area contributed by atoms with E-state index in [4.69, 9.17) is 26.8 Å². The van der Waals surface area contributed by atoms with Gasteiger partial charge in [0.1, 0.15) is 12.1 Å². The number of H-pyrrole nitrogens is 1. The highest BCUT2D eigenvalue weighted by Gasteiger charge is 2.46. The molecule has 0 saturated carbocycles. The molecule has 0 saturated heterocycles. The fourth-order valence-electron chi connectivity index (χ4n) is 5.34. The van der Waals surface area contributed by atoms with Crippen LogP contribution in [-0.4, -0.2) is 92.7 Å². The molecule has 5 N–H and O–H groups in total. The minimum absolute atomic E-state index is 0.0137. The lowest BCUT2D eigenvalue weighted by molar-refractivity contribution is -0.118. The summed E-state index contributed by atoms with van der Waals surface area (Å²) in [6.45, 7) is 3.38.